The van der Waals surface area contributed by atoms with Gasteiger partial charge in [0.1, 0.15) is 28.7 Å². The summed E-state index contributed by atoms with van der Waals surface area (Å²) in [6.45, 7) is 2.09. The SMILES string of the molecule is CC(Cl)C(=O)NCC1Cc2cc(Oc3ccccc3)ccc2O1. The number of halogens is 1. The van der Waals surface area contributed by atoms with E-state index in [9.17, 15) is 4.79 Å². The Bertz CT molecular complexity index is 688. The van der Waals surface area contributed by atoms with Gasteiger partial charge in [0.25, 0.3) is 0 Å². The fraction of sp³-hybridized carbons (Fsp3) is 0.278. The quantitative estimate of drug-likeness (QED) is 0.853. The maximum Gasteiger partial charge on any atom is 0.237 e. The summed E-state index contributed by atoms with van der Waals surface area (Å²) in [5, 5.41) is 2.25. The van der Waals surface area contributed by atoms with Crippen molar-refractivity contribution in [1.82, 2.24) is 5.32 Å². The summed E-state index contributed by atoms with van der Waals surface area (Å²) >= 11 is 5.73. The summed E-state index contributed by atoms with van der Waals surface area (Å²) in [6, 6.07) is 15.4. The Morgan fingerprint density at radius 2 is 2.09 bits per heavy atom. The molecule has 0 aliphatic carbocycles. The number of carbonyl (C=O) groups excluding carboxylic acids is 1. The molecule has 1 aliphatic rings. The summed E-state index contributed by atoms with van der Waals surface area (Å²) in [5.74, 6) is 2.23. The van der Waals surface area contributed by atoms with E-state index in [0.717, 1.165) is 29.2 Å². The van der Waals surface area contributed by atoms with Crippen molar-refractivity contribution in [3.05, 3.63) is 54.1 Å². The lowest BCUT2D eigenvalue weighted by Crippen LogP contribution is -2.37. The average molecular weight is 332 g/mol. The van der Waals surface area contributed by atoms with Crippen LogP contribution in [0.15, 0.2) is 48.5 Å². The van der Waals surface area contributed by atoms with Crippen molar-refractivity contribution in [2.45, 2.75) is 24.8 Å². The second-order valence-corrected chi connectivity index (χ2v) is 6.14. The van der Waals surface area contributed by atoms with Crippen LogP contribution < -0.4 is 14.8 Å². The number of ether oxygens (including phenoxy) is 2. The molecule has 0 saturated carbocycles. The van der Waals surface area contributed by atoms with Crippen molar-refractivity contribution in [1.29, 1.82) is 0 Å². The molecule has 0 bridgehead atoms. The molecular formula is C18H18ClNO3. The maximum atomic E-state index is 11.5. The third-order valence-electron chi connectivity index (χ3n) is 3.62. The molecule has 1 heterocycles. The van der Waals surface area contributed by atoms with Gasteiger partial charge < -0.3 is 14.8 Å². The predicted octanol–water partition coefficient (Wildman–Crippen LogP) is 3.53. The lowest BCUT2D eigenvalue weighted by molar-refractivity contribution is -0.120. The van der Waals surface area contributed by atoms with Crippen LogP contribution in [-0.4, -0.2) is 23.9 Å². The smallest absolute Gasteiger partial charge is 0.237 e. The molecule has 0 aromatic heterocycles. The number of benzene rings is 2. The molecule has 0 saturated heterocycles. The highest BCUT2D eigenvalue weighted by molar-refractivity contribution is 6.30. The zero-order valence-electron chi connectivity index (χ0n) is 12.8. The van der Waals surface area contributed by atoms with E-state index in [1.165, 1.54) is 0 Å². The fourth-order valence-corrected chi connectivity index (χ4v) is 2.53. The van der Waals surface area contributed by atoms with Crippen LogP contribution in [0.2, 0.25) is 0 Å². The van der Waals surface area contributed by atoms with Gasteiger partial charge >= 0.3 is 0 Å². The van der Waals surface area contributed by atoms with Gasteiger partial charge in [-0.2, -0.15) is 0 Å². The van der Waals surface area contributed by atoms with E-state index in [1.807, 2.05) is 48.5 Å². The lowest BCUT2D eigenvalue weighted by Gasteiger charge is -2.12. The first-order valence-corrected chi connectivity index (χ1v) is 8.00. The molecule has 4 nitrogen and oxygen atoms in total. The number of fused-ring (bicyclic) bond motifs is 1. The molecule has 0 radical (unpaired) electrons. The van der Waals surface area contributed by atoms with Crippen LogP contribution >= 0.6 is 11.6 Å². The molecule has 1 N–H and O–H groups in total. The molecule has 2 aromatic carbocycles. The van der Waals surface area contributed by atoms with Crippen LogP contribution in [0.4, 0.5) is 0 Å². The minimum absolute atomic E-state index is 0.0728. The molecule has 1 amide bonds. The Hall–Kier alpha value is -2.20. The molecule has 3 rings (SSSR count). The van der Waals surface area contributed by atoms with Crippen molar-refractivity contribution in [2.24, 2.45) is 0 Å². The molecule has 0 fully saturated rings. The van der Waals surface area contributed by atoms with Crippen LogP contribution in [0, 0.1) is 0 Å². The third-order valence-corrected chi connectivity index (χ3v) is 3.82. The second kappa shape index (κ2) is 6.92. The molecule has 0 spiro atoms. The van der Waals surface area contributed by atoms with Crippen LogP contribution in [0.3, 0.4) is 0 Å². The van der Waals surface area contributed by atoms with E-state index in [1.54, 1.807) is 6.92 Å². The number of amides is 1. The number of hydrogen-bond donors (Lipinski definition) is 1. The van der Waals surface area contributed by atoms with Gasteiger partial charge in [-0.1, -0.05) is 18.2 Å². The molecule has 2 unspecified atom stereocenters. The standard InChI is InChI=1S/C18H18ClNO3/c1-12(19)18(21)20-11-16-10-13-9-15(7-8-17(13)23-16)22-14-5-3-2-4-6-14/h2-9,12,16H,10-11H2,1H3,(H,20,21). The monoisotopic (exact) mass is 331 g/mol. The number of alkyl halides is 1. The normalized spacial score (nSPS) is 17.0. The van der Waals surface area contributed by atoms with Crippen molar-refractivity contribution in [3.8, 4) is 17.2 Å². The highest BCUT2D eigenvalue weighted by Crippen LogP contribution is 2.33. The third kappa shape index (κ3) is 3.96. The van der Waals surface area contributed by atoms with Gasteiger partial charge in [-0.25, -0.2) is 0 Å². The molecule has 5 heteroatoms. The molecule has 120 valence electrons. The average Bonchev–Trinajstić information content (AvgIpc) is 2.95. The number of para-hydroxylation sites is 1. The van der Waals surface area contributed by atoms with Crippen molar-refractivity contribution >= 4 is 17.5 Å². The minimum Gasteiger partial charge on any atom is -0.488 e. The summed E-state index contributed by atoms with van der Waals surface area (Å²) in [6.07, 6.45) is 0.662. The number of nitrogens with one attached hydrogen (secondary N) is 1. The molecule has 23 heavy (non-hydrogen) atoms. The highest BCUT2D eigenvalue weighted by Gasteiger charge is 2.24. The summed E-state index contributed by atoms with van der Waals surface area (Å²) in [4.78, 5) is 11.5. The van der Waals surface area contributed by atoms with Crippen molar-refractivity contribution in [3.63, 3.8) is 0 Å². The molecule has 2 aromatic rings. The minimum atomic E-state index is -0.537. The Morgan fingerprint density at radius 3 is 2.83 bits per heavy atom. The molecule has 1 aliphatic heterocycles. The van der Waals surface area contributed by atoms with E-state index in [2.05, 4.69) is 5.32 Å². The van der Waals surface area contributed by atoms with Gasteiger partial charge in [-0.05, 0) is 37.3 Å². The summed E-state index contributed by atoms with van der Waals surface area (Å²) < 4.78 is 11.7. The first-order valence-electron chi connectivity index (χ1n) is 7.56. The van der Waals surface area contributed by atoms with E-state index >= 15 is 0 Å². The van der Waals surface area contributed by atoms with Crippen molar-refractivity contribution in [2.75, 3.05) is 6.54 Å². The Kier molecular flexibility index (Phi) is 4.72. The van der Waals surface area contributed by atoms with Crippen LogP contribution in [0.5, 0.6) is 17.2 Å². The summed E-state index contributed by atoms with van der Waals surface area (Å²) in [7, 11) is 0. The number of hydrogen-bond acceptors (Lipinski definition) is 3. The fourth-order valence-electron chi connectivity index (χ4n) is 2.45. The van der Waals surface area contributed by atoms with Gasteiger partial charge in [0.05, 0.1) is 6.54 Å². The van der Waals surface area contributed by atoms with Gasteiger partial charge in [0.2, 0.25) is 5.91 Å². The van der Waals surface area contributed by atoms with E-state index in [4.69, 9.17) is 21.1 Å². The zero-order chi connectivity index (χ0) is 16.2. The zero-order valence-corrected chi connectivity index (χ0v) is 13.5. The van der Waals surface area contributed by atoms with Crippen LogP contribution in [0.1, 0.15) is 12.5 Å². The lowest BCUT2D eigenvalue weighted by atomic mass is 10.1. The Balaban J connectivity index is 1.61. The molecule has 2 atom stereocenters. The van der Waals surface area contributed by atoms with Crippen LogP contribution in [-0.2, 0) is 11.2 Å². The van der Waals surface area contributed by atoms with E-state index < -0.39 is 5.38 Å². The highest BCUT2D eigenvalue weighted by atomic mass is 35.5. The van der Waals surface area contributed by atoms with Gasteiger partial charge in [-0.3, -0.25) is 4.79 Å². The summed E-state index contributed by atoms with van der Waals surface area (Å²) in [5.41, 5.74) is 1.08. The topological polar surface area (TPSA) is 47.6 Å². The largest absolute Gasteiger partial charge is 0.488 e. The van der Waals surface area contributed by atoms with E-state index in [-0.39, 0.29) is 12.0 Å². The predicted molar refractivity (Wildman–Crippen MR) is 89.4 cm³/mol. The van der Waals surface area contributed by atoms with E-state index in [0.29, 0.717) is 6.54 Å². The first kappa shape index (κ1) is 15.7. The number of carbonyl (C=O) groups is 1. The Labute approximate surface area is 140 Å². The molecular weight excluding hydrogens is 314 g/mol. The number of rotatable bonds is 5. The van der Waals surface area contributed by atoms with Gasteiger partial charge in [-0.15, -0.1) is 11.6 Å². The van der Waals surface area contributed by atoms with Crippen LogP contribution in [0.25, 0.3) is 0 Å². The van der Waals surface area contributed by atoms with Crippen molar-refractivity contribution < 1.29 is 14.3 Å². The second-order valence-electron chi connectivity index (χ2n) is 5.49. The maximum absolute atomic E-state index is 11.5. The first-order chi connectivity index (χ1) is 11.1. The van der Waals surface area contributed by atoms with Gasteiger partial charge in [0, 0.05) is 12.0 Å². The van der Waals surface area contributed by atoms with Gasteiger partial charge in [0.15, 0.2) is 0 Å². The Morgan fingerprint density at radius 1 is 1.30 bits per heavy atom.